The van der Waals surface area contributed by atoms with E-state index < -0.39 is 0 Å². The van der Waals surface area contributed by atoms with Crippen LogP contribution >= 0.6 is 0 Å². The van der Waals surface area contributed by atoms with Crippen molar-refractivity contribution in [3.8, 4) is 0 Å². The van der Waals surface area contributed by atoms with Gasteiger partial charge in [0.1, 0.15) is 0 Å². The van der Waals surface area contributed by atoms with E-state index in [-0.39, 0.29) is 30.3 Å². The molecule has 1 amide bonds. The maximum absolute atomic E-state index is 11.9. The third kappa shape index (κ3) is 2.34. The Morgan fingerprint density at radius 2 is 2.39 bits per heavy atom. The summed E-state index contributed by atoms with van der Waals surface area (Å²) < 4.78 is 4.72. The number of aromatic nitrogens is 1. The molecule has 0 N–H and O–H groups in total. The summed E-state index contributed by atoms with van der Waals surface area (Å²) in [6.07, 6.45) is 3.65. The molecule has 2 atom stereocenters. The Labute approximate surface area is 106 Å². The van der Waals surface area contributed by atoms with Gasteiger partial charge in [0.05, 0.1) is 13.0 Å². The SMILES string of the molecule is COC(=O)C1CC(=O)N(Cc2cccnc2)C1C. The number of likely N-dealkylation sites (tertiary alicyclic amines) is 1. The first-order chi connectivity index (χ1) is 8.63. The molecule has 1 saturated heterocycles. The first kappa shape index (κ1) is 12.5. The maximum Gasteiger partial charge on any atom is 0.311 e. The van der Waals surface area contributed by atoms with Crippen molar-refractivity contribution in [3.05, 3.63) is 30.1 Å². The fourth-order valence-corrected chi connectivity index (χ4v) is 2.27. The van der Waals surface area contributed by atoms with E-state index in [1.165, 1.54) is 7.11 Å². The molecular weight excluding hydrogens is 232 g/mol. The normalized spacial score (nSPS) is 23.2. The predicted molar refractivity (Wildman–Crippen MR) is 64.4 cm³/mol. The summed E-state index contributed by atoms with van der Waals surface area (Å²) in [5.74, 6) is -0.689. The third-order valence-corrected chi connectivity index (χ3v) is 3.37. The Kier molecular flexibility index (Phi) is 3.60. The quantitative estimate of drug-likeness (QED) is 0.748. The number of carbonyl (C=O) groups is 2. The molecule has 1 aromatic heterocycles. The largest absolute Gasteiger partial charge is 0.469 e. The van der Waals surface area contributed by atoms with Crippen LogP contribution in [0.5, 0.6) is 0 Å². The van der Waals surface area contributed by atoms with E-state index in [0.717, 1.165) is 5.56 Å². The van der Waals surface area contributed by atoms with Crippen LogP contribution in [-0.4, -0.2) is 34.9 Å². The van der Waals surface area contributed by atoms with E-state index in [4.69, 9.17) is 4.74 Å². The lowest BCUT2D eigenvalue weighted by Crippen LogP contribution is -2.34. The Morgan fingerprint density at radius 1 is 1.61 bits per heavy atom. The zero-order valence-corrected chi connectivity index (χ0v) is 10.5. The average molecular weight is 248 g/mol. The monoisotopic (exact) mass is 248 g/mol. The Balaban J connectivity index is 2.10. The standard InChI is InChI=1S/C13H16N2O3/c1-9-11(13(17)18-2)6-12(16)15(9)8-10-4-3-5-14-7-10/h3-5,7,9,11H,6,8H2,1-2H3. The molecule has 1 fully saturated rings. The van der Waals surface area contributed by atoms with Crippen LogP contribution < -0.4 is 0 Å². The van der Waals surface area contributed by atoms with Crippen molar-refractivity contribution in [1.29, 1.82) is 0 Å². The predicted octanol–water partition coefficient (Wildman–Crippen LogP) is 0.992. The number of rotatable bonds is 3. The maximum atomic E-state index is 11.9. The molecule has 5 heteroatoms. The second-order valence-electron chi connectivity index (χ2n) is 4.46. The summed E-state index contributed by atoms with van der Waals surface area (Å²) >= 11 is 0. The van der Waals surface area contributed by atoms with Crippen molar-refractivity contribution in [2.75, 3.05) is 7.11 Å². The van der Waals surface area contributed by atoms with Gasteiger partial charge in [-0.3, -0.25) is 14.6 Å². The molecule has 0 bridgehead atoms. The summed E-state index contributed by atoms with van der Waals surface area (Å²) in [6, 6.07) is 3.61. The van der Waals surface area contributed by atoms with Gasteiger partial charge in [0, 0.05) is 31.4 Å². The number of hydrogen-bond donors (Lipinski definition) is 0. The number of nitrogens with zero attached hydrogens (tertiary/aromatic N) is 2. The van der Waals surface area contributed by atoms with Gasteiger partial charge in [0.2, 0.25) is 5.91 Å². The van der Waals surface area contributed by atoms with E-state index in [9.17, 15) is 9.59 Å². The van der Waals surface area contributed by atoms with Crippen LogP contribution in [0.4, 0.5) is 0 Å². The van der Waals surface area contributed by atoms with Crippen molar-refractivity contribution in [1.82, 2.24) is 9.88 Å². The van der Waals surface area contributed by atoms with E-state index in [0.29, 0.717) is 6.54 Å². The number of ether oxygens (including phenoxy) is 1. The first-order valence-electron chi connectivity index (χ1n) is 5.89. The number of methoxy groups -OCH3 is 1. The second-order valence-corrected chi connectivity index (χ2v) is 4.46. The van der Waals surface area contributed by atoms with Gasteiger partial charge < -0.3 is 9.64 Å². The van der Waals surface area contributed by atoms with Gasteiger partial charge in [-0.25, -0.2) is 0 Å². The highest BCUT2D eigenvalue weighted by molar-refractivity contribution is 5.87. The molecule has 1 aromatic rings. The van der Waals surface area contributed by atoms with Crippen LogP contribution in [0.25, 0.3) is 0 Å². The summed E-state index contributed by atoms with van der Waals surface area (Å²) in [4.78, 5) is 29.2. The van der Waals surface area contributed by atoms with Gasteiger partial charge >= 0.3 is 5.97 Å². The summed E-state index contributed by atoms with van der Waals surface area (Å²) in [6.45, 7) is 2.37. The number of amides is 1. The van der Waals surface area contributed by atoms with Gasteiger partial charge in [0.25, 0.3) is 0 Å². The van der Waals surface area contributed by atoms with E-state index in [2.05, 4.69) is 4.98 Å². The molecule has 2 rings (SSSR count). The van der Waals surface area contributed by atoms with Gasteiger partial charge in [-0.2, -0.15) is 0 Å². The smallest absolute Gasteiger partial charge is 0.311 e. The number of pyridine rings is 1. The zero-order valence-electron chi connectivity index (χ0n) is 10.5. The fraction of sp³-hybridized carbons (Fsp3) is 0.462. The molecule has 2 heterocycles. The fourth-order valence-electron chi connectivity index (χ4n) is 2.27. The van der Waals surface area contributed by atoms with E-state index >= 15 is 0 Å². The van der Waals surface area contributed by atoms with Gasteiger partial charge in [-0.15, -0.1) is 0 Å². The highest BCUT2D eigenvalue weighted by atomic mass is 16.5. The van der Waals surface area contributed by atoms with Crippen molar-refractivity contribution in [2.24, 2.45) is 5.92 Å². The zero-order chi connectivity index (χ0) is 13.1. The summed E-state index contributed by atoms with van der Waals surface area (Å²) in [7, 11) is 1.35. The van der Waals surface area contributed by atoms with Crippen LogP contribution in [0.1, 0.15) is 18.9 Å². The van der Waals surface area contributed by atoms with Gasteiger partial charge in [0.15, 0.2) is 0 Å². The molecule has 0 saturated carbocycles. The number of hydrogen-bond acceptors (Lipinski definition) is 4. The summed E-state index contributed by atoms with van der Waals surface area (Å²) in [5, 5.41) is 0. The Bertz CT molecular complexity index is 447. The van der Waals surface area contributed by atoms with Gasteiger partial charge in [-0.05, 0) is 18.6 Å². The van der Waals surface area contributed by atoms with Gasteiger partial charge in [-0.1, -0.05) is 6.07 Å². The molecular formula is C13H16N2O3. The van der Waals surface area contributed by atoms with Crippen molar-refractivity contribution >= 4 is 11.9 Å². The molecule has 0 radical (unpaired) electrons. The van der Waals surface area contributed by atoms with Crippen molar-refractivity contribution in [3.63, 3.8) is 0 Å². The minimum absolute atomic E-state index is 0.0123. The van der Waals surface area contributed by atoms with Crippen LogP contribution in [0.3, 0.4) is 0 Å². The molecule has 2 unspecified atom stereocenters. The highest BCUT2D eigenvalue weighted by Gasteiger charge is 2.41. The number of esters is 1. The van der Waals surface area contributed by atoms with Crippen LogP contribution in [0.15, 0.2) is 24.5 Å². The minimum Gasteiger partial charge on any atom is -0.469 e. The van der Waals surface area contributed by atoms with Crippen molar-refractivity contribution < 1.29 is 14.3 Å². The van der Waals surface area contributed by atoms with Crippen molar-refractivity contribution in [2.45, 2.75) is 25.9 Å². The Morgan fingerprint density at radius 3 is 3.00 bits per heavy atom. The highest BCUT2D eigenvalue weighted by Crippen LogP contribution is 2.27. The number of carbonyl (C=O) groups excluding carboxylic acids is 2. The van der Waals surface area contributed by atoms with Crippen LogP contribution in [0.2, 0.25) is 0 Å². The lowest BCUT2D eigenvalue weighted by Gasteiger charge is -2.23. The Hall–Kier alpha value is -1.91. The lowest BCUT2D eigenvalue weighted by molar-refractivity contribution is -0.146. The molecule has 96 valence electrons. The molecule has 1 aliphatic rings. The molecule has 18 heavy (non-hydrogen) atoms. The third-order valence-electron chi connectivity index (χ3n) is 3.37. The lowest BCUT2D eigenvalue weighted by atomic mass is 10.0. The molecule has 0 aromatic carbocycles. The summed E-state index contributed by atoms with van der Waals surface area (Å²) in [5.41, 5.74) is 0.961. The molecule has 0 spiro atoms. The van der Waals surface area contributed by atoms with E-state index in [1.54, 1.807) is 17.3 Å². The molecule has 1 aliphatic heterocycles. The second kappa shape index (κ2) is 5.16. The average Bonchev–Trinajstić information content (AvgIpc) is 2.67. The minimum atomic E-state index is -0.362. The first-order valence-corrected chi connectivity index (χ1v) is 5.89. The molecule has 0 aliphatic carbocycles. The molecule has 5 nitrogen and oxygen atoms in total. The topological polar surface area (TPSA) is 59.5 Å². The van der Waals surface area contributed by atoms with Crippen LogP contribution in [-0.2, 0) is 20.9 Å². The van der Waals surface area contributed by atoms with Crippen LogP contribution in [0, 0.1) is 5.92 Å². The van der Waals surface area contributed by atoms with E-state index in [1.807, 2.05) is 19.1 Å².